The standard InChI is InChI=1S/C59H57NO/c1-55(2,3)34-28-42-41-32-49-43(33-52(41)61-54(42)50(29-34)56(4,5)6)53-46(59(49,11)12)22-17-23-51(53)60(35-24-26-39-37-18-13-15-20-44(37)57(7,8)47(39)30-35)36-25-27-40-38-19-14-16-21-45(38)58(9,10)48(40)31-36/h13-33H,1-12H3. The maximum absolute atomic E-state index is 7.05. The third-order valence-corrected chi connectivity index (χ3v) is 14.9. The van der Waals surface area contributed by atoms with Gasteiger partial charge in [-0.1, -0.05) is 162 Å². The zero-order chi connectivity index (χ0) is 42.8. The van der Waals surface area contributed by atoms with Crippen LogP contribution in [-0.2, 0) is 27.1 Å². The molecule has 0 spiro atoms. The average molecular weight is 796 g/mol. The Morgan fingerprint density at radius 1 is 0.426 bits per heavy atom. The normalized spacial score (nSPS) is 16.3. The summed E-state index contributed by atoms with van der Waals surface area (Å²) in [4.78, 5) is 2.55. The predicted octanol–water partition coefficient (Wildman–Crippen LogP) is 16.6. The van der Waals surface area contributed by atoms with Crippen LogP contribution in [0.2, 0.25) is 0 Å². The number of rotatable bonds is 3. The topological polar surface area (TPSA) is 16.4 Å². The van der Waals surface area contributed by atoms with Gasteiger partial charge in [0, 0.05) is 49.5 Å². The number of nitrogens with zero attached hydrogens (tertiary/aromatic N) is 1. The van der Waals surface area contributed by atoms with Crippen molar-refractivity contribution in [3.63, 3.8) is 0 Å². The Hall–Kier alpha value is -5.86. The van der Waals surface area contributed by atoms with Crippen LogP contribution in [0.3, 0.4) is 0 Å². The first kappa shape index (κ1) is 38.1. The summed E-state index contributed by atoms with van der Waals surface area (Å²) >= 11 is 0. The van der Waals surface area contributed by atoms with Crippen LogP contribution in [0, 0.1) is 0 Å². The predicted molar refractivity (Wildman–Crippen MR) is 258 cm³/mol. The summed E-state index contributed by atoms with van der Waals surface area (Å²) in [6.07, 6.45) is 0. The van der Waals surface area contributed by atoms with E-state index in [-0.39, 0.29) is 27.1 Å². The number of benzene rings is 7. The Kier molecular flexibility index (Phi) is 7.59. The molecule has 0 radical (unpaired) electrons. The van der Waals surface area contributed by atoms with Gasteiger partial charge in [0.1, 0.15) is 11.2 Å². The van der Waals surface area contributed by atoms with Crippen molar-refractivity contribution in [1.29, 1.82) is 0 Å². The van der Waals surface area contributed by atoms with Crippen molar-refractivity contribution in [2.45, 2.75) is 110 Å². The van der Waals surface area contributed by atoms with Gasteiger partial charge in [-0.3, -0.25) is 0 Å². The van der Waals surface area contributed by atoms with Crippen molar-refractivity contribution in [2.24, 2.45) is 0 Å². The third-order valence-electron chi connectivity index (χ3n) is 14.9. The summed E-state index contributed by atoms with van der Waals surface area (Å²) in [6.45, 7) is 28.2. The molecule has 61 heavy (non-hydrogen) atoms. The Balaban J connectivity index is 1.17. The van der Waals surface area contributed by atoms with E-state index >= 15 is 0 Å². The van der Waals surface area contributed by atoms with Crippen molar-refractivity contribution in [3.8, 4) is 33.4 Å². The lowest BCUT2D eigenvalue weighted by atomic mass is 9.79. The zero-order valence-electron chi connectivity index (χ0n) is 38.0. The Labute approximate surface area is 362 Å². The Bertz CT molecular complexity index is 3080. The smallest absolute Gasteiger partial charge is 0.139 e. The number of hydrogen-bond acceptors (Lipinski definition) is 2. The summed E-state index contributed by atoms with van der Waals surface area (Å²) in [5, 5.41) is 2.41. The fourth-order valence-corrected chi connectivity index (χ4v) is 11.4. The van der Waals surface area contributed by atoms with Gasteiger partial charge in [0.15, 0.2) is 0 Å². The molecule has 0 aliphatic heterocycles. The largest absolute Gasteiger partial charge is 0.456 e. The fraction of sp³-hybridized carbons (Fsp3) is 0.288. The van der Waals surface area contributed by atoms with Crippen molar-refractivity contribution < 1.29 is 4.42 Å². The molecule has 1 heterocycles. The van der Waals surface area contributed by atoms with Gasteiger partial charge in [-0.05, 0) is 126 Å². The molecule has 304 valence electrons. The highest BCUT2D eigenvalue weighted by Gasteiger charge is 2.41. The van der Waals surface area contributed by atoms with Crippen LogP contribution < -0.4 is 4.90 Å². The van der Waals surface area contributed by atoms with E-state index in [9.17, 15) is 0 Å². The molecule has 0 amide bonds. The van der Waals surface area contributed by atoms with Crippen molar-refractivity contribution in [1.82, 2.24) is 0 Å². The maximum atomic E-state index is 7.05. The van der Waals surface area contributed by atoms with Crippen LogP contribution in [0.1, 0.15) is 128 Å². The van der Waals surface area contributed by atoms with Crippen LogP contribution in [-0.4, -0.2) is 0 Å². The van der Waals surface area contributed by atoms with E-state index < -0.39 is 0 Å². The van der Waals surface area contributed by atoms with E-state index in [1.807, 2.05) is 0 Å². The SMILES string of the molecule is CC(C)(C)c1cc(C(C)(C)C)c2oc3cc4c(cc3c2c1)C(C)(C)c1cccc(N(c2ccc3c(c2)C(C)(C)c2ccccc2-3)c2ccc3c(c2)C(C)(C)c2ccccc2-3)c1-4. The molecule has 0 atom stereocenters. The molecule has 0 N–H and O–H groups in total. The van der Waals surface area contributed by atoms with E-state index in [0.717, 1.165) is 11.2 Å². The molecule has 8 aromatic rings. The van der Waals surface area contributed by atoms with Gasteiger partial charge in [0.05, 0.1) is 5.69 Å². The van der Waals surface area contributed by atoms with Crippen LogP contribution >= 0.6 is 0 Å². The second-order valence-electron chi connectivity index (χ2n) is 21.9. The Morgan fingerprint density at radius 3 is 1.49 bits per heavy atom. The molecule has 2 heteroatoms. The summed E-state index contributed by atoms with van der Waals surface area (Å²) in [7, 11) is 0. The molecule has 11 rings (SSSR count). The van der Waals surface area contributed by atoms with Crippen LogP contribution in [0.5, 0.6) is 0 Å². The van der Waals surface area contributed by atoms with E-state index in [4.69, 9.17) is 4.42 Å². The average Bonchev–Trinajstić information content (AvgIpc) is 3.85. The number of furan rings is 1. The number of anilines is 3. The second kappa shape index (κ2) is 12.2. The molecule has 2 nitrogen and oxygen atoms in total. The molecule has 0 bridgehead atoms. The summed E-state index contributed by atoms with van der Waals surface area (Å²) < 4.78 is 7.05. The molecule has 0 saturated carbocycles. The van der Waals surface area contributed by atoms with Gasteiger partial charge >= 0.3 is 0 Å². The minimum absolute atomic E-state index is 0.00744. The van der Waals surface area contributed by atoms with Gasteiger partial charge in [-0.15, -0.1) is 0 Å². The first-order chi connectivity index (χ1) is 28.8. The lowest BCUT2D eigenvalue weighted by molar-refractivity contribution is 0.559. The van der Waals surface area contributed by atoms with Gasteiger partial charge in [0.2, 0.25) is 0 Å². The molecule has 0 saturated heterocycles. The van der Waals surface area contributed by atoms with E-state index in [2.05, 4.69) is 215 Å². The first-order valence-electron chi connectivity index (χ1n) is 22.3. The highest BCUT2D eigenvalue weighted by atomic mass is 16.3. The summed E-state index contributed by atoms with van der Waals surface area (Å²) in [5.74, 6) is 0. The molecular weight excluding hydrogens is 739 g/mol. The van der Waals surface area contributed by atoms with Crippen LogP contribution in [0.4, 0.5) is 17.1 Å². The minimum Gasteiger partial charge on any atom is -0.456 e. The van der Waals surface area contributed by atoms with Crippen molar-refractivity contribution in [3.05, 3.63) is 172 Å². The molecule has 0 fully saturated rings. The van der Waals surface area contributed by atoms with Crippen LogP contribution in [0.25, 0.3) is 55.3 Å². The van der Waals surface area contributed by atoms with Crippen molar-refractivity contribution in [2.75, 3.05) is 4.90 Å². The number of hydrogen-bond donors (Lipinski definition) is 0. The molecule has 7 aromatic carbocycles. The van der Waals surface area contributed by atoms with Crippen LogP contribution in [0.15, 0.2) is 132 Å². The maximum Gasteiger partial charge on any atom is 0.139 e. The molecule has 3 aliphatic carbocycles. The van der Waals surface area contributed by atoms with E-state index in [1.54, 1.807) is 0 Å². The molecule has 1 aromatic heterocycles. The van der Waals surface area contributed by atoms with Gasteiger partial charge in [-0.25, -0.2) is 0 Å². The summed E-state index contributed by atoms with van der Waals surface area (Å²) in [5.41, 5.74) is 23.6. The van der Waals surface area contributed by atoms with E-state index in [1.165, 1.54) is 106 Å². The molecule has 0 unspecified atom stereocenters. The molecular formula is C59H57NO. The quantitative estimate of drug-likeness (QED) is 0.177. The highest BCUT2D eigenvalue weighted by molar-refractivity contribution is 6.10. The van der Waals surface area contributed by atoms with Crippen molar-refractivity contribution >= 4 is 39.0 Å². The number of fused-ring (bicyclic) bond motifs is 12. The second-order valence-corrected chi connectivity index (χ2v) is 21.9. The minimum atomic E-state index is -0.234. The molecule has 3 aliphatic rings. The van der Waals surface area contributed by atoms with Gasteiger partial charge in [-0.2, -0.15) is 0 Å². The zero-order valence-corrected chi connectivity index (χ0v) is 38.0. The Morgan fingerprint density at radius 2 is 0.934 bits per heavy atom. The fourth-order valence-electron chi connectivity index (χ4n) is 11.4. The monoisotopic (exact) mass is 795 g/mol. The highest BCUT2D eigenvalue weighted by Crippen LogP contribution is 2.58. The first-order valence-corrected chi connectivity index (χ1v) is 22.3. The van der Waals surface area contributed by atoms with Gasteiger partial charge in [0.25, 0.3) is 0 Å². The van der Waals surface area contributed by atoms with E-state index in [0.29, 0.717) is 0 Å². The summed E-state index contributed by atoms with van der Waals surface area (Å²) in [6, 6.07) is 48.9. The lowest BCUT2D eigenvalue weighted by Gasteiger charge is -2.31. The third kappa shape index (κ3) is 5.21. The lowest BCUT2D eigenvalue weighted by Crippen LogP contribution is -2.18. The van der Waals surface area contributed by atoms with Gasteiger partial charge < -0.3 is 9.32 Å².